The Labute approximate surface area is 194 Å². The van der Waals surface area contributed by atoms with Crippen molar-refractivity contribution >= 4 is 17.2 Å². The molecule has 8 heteroatoms. The maximum absolute atomic E-state index is 12.3. The van der Waals surface area contributed by atoms with Crippen LogP contribution in [0.5, 0.6) is 11.5 Å². The van der Waals surface area contributed by atoms with Crippen molar-refractivity contribution in [3.05, 3.63) is 59.9 Å². The molecule has 4 rings (SSSR count). The standard InChI is InChI=1S/C25H30N2O6/c1-3-30-21-10-5-4-9-20(21)27-12-14-32-23(16-27)26-11-13-31-22-17-33-25(28)24(22)18-7-6-8-19(15-18)29-2/h4-10,15,23,26H,3,11-14,16-17H2,1-2H3/t23-/m1/s1. The third-order valence-electron chi connectivity index (χ3n) is 5.50. The second-order valence-electron chi connectivity index (χ2n) is 7.62. The van der Waals surface area contributed by atoms with Crippen LogP contribution in [0.1, 0.15) is 12.5 Å². The summed E-state index contributed by atoms with van der Waals surface area (Å²) in [4.78, 5) is 14.5. The number of nitrogens with zero attached hydrogens (tertiary/aromatic N) is 1. The van der Waals surface area contributed by atoms with Gasteiger partial charge in [-0.1, -0.05) is 24.3 Å². The molecule has 0 aliphatic carbocycles. The monoisotopic (exact) mass is 454 g/mol. The Morgan fingerprint density at radius 1 is 1.15 bits per heavy atom. The molecular formula is C25H30N2O6. The number of methoxy groups -OCH3 is 1. The zero-order valence-corrected chi connectivity index (χ0v) is 19.0. The van der Waals surface area contributed by atoms with Crippen molar-refractivity contribution in [2.24, 2.45) is 0 Å². The number of carbonyl (C=O) groups is 1. The lowest BCUT2D eigenvalue weighted by Gasteiger charge is -2.35. The molecule has 0 bridgehead atoms. The number of esters is 1. The van der Waals surface area contributed by atoms with Gasteiger partial charge < -0.3 is 28.6 Å². The highest BCUT2D eigenvalue weighted by molar-refractivity contribution is 6.19. The summed E-state index contributed by atoms with van der Waals surface area (Å²) < 4.78 is 28.0. The summed E-state index contributed by atoms with van der Waals surface area (Å²) in [5.41, 5.74) is 2.24. The number of cyclic esters (lactones) is 1. The number of nitrogens with one attached hydrogen (secondary N) is 1. The van der Waals surface area contributed by atoms with Gasteiger partial charge in [-0.25, -0.2) is 4.79 Å². The highest BCUT2D eigenvalue weighted by atomic mass is 16.6. The van der Waals surface area contributed by atoms with Gasteiger partial charge in [0.05, 0.1) is 32.6 Å². The SMILES string of the molecule is CCOc1ccccc1N1CCO[C@@H](NCCOC2=C(c3cccc(OC)c3)C(=O)OC2)C1. The summed E-state index contributed by atoms with van der Waals surface area (Å²) in [7, 11) is 1.59. The average molecular weight is 455 g/mol. The fourth-order valence-corrected chi connectivity index (χ4v) is 3.94. The molecule has 2 aromatic carbocycles. The quantitative estimate of drug-likeness (QED) is 0.434. The number of hydrogen-bond acceptors (Lipinski definition) is 8. The van der Waals surface area contributed by atoms with Gasteiger partial charge in [-0.3, -0.25) is 5.32 Å². The van der Waals surface area contributed by atoms with Crippen LogP contribution in [-0.2, 0) is 19.0 Å². The minimum atomic E-state index is -0.384. The van der Waals surface area contributed by atoms with Crippen LogP contribution in [0.4, 0.5) is 5.69 Å². The molecule has 0 unspecified atom stereocenters. The number of hydrogen-bond donors (Lipinski definition) is 1. The molecule has 1 fully saturated rings. The fourth-order valence-electron chi connectivity index (χ4n) is 3.94. The van der Waals surface area contributed by atoms with Gasteiger partial charge in [0, 0.05) is 13.1 Å². The molecule has 2 aromatic rings. The molecule has 33 heavy (non-hydrogen) atoms. The van der Waals surface area contributed by atoms with E-state index in [4.69, 9.17) is 23.7 Å². The van der Waals surface area contributed by atoms with Gasteiger partial charge in [-0.2, -0.15) is 0 Å². The van der Waals surface area contributed by atoms with Crippen molar-refractivity contribution in [1.82, 2.24) is 5.32 Å². The van der Waals surface area contributed by atoms with Crippen LogP contribution >= 0.6 is 0 Å². The molecule has 0 spiro atoms. The van der Waals surface area contributed by atoms with Crippen molar-refractivity contribution in [3.8, 4) is 11.5 Å². The number of morpholine rings is 1. The Morgan fingerprint density at radius 2 is 2.03 bits per heavy atom. The number of carbonyl (C=O) groups excluding carboxylic acids is 1. The third-order valence-corrected chi connectivity index (χ3v) is 5.50. The topological polar surface area (TPSA) is 78.5 Å². The summed E-state index contributed by atoms with van der Waals surface area (Å²) in [5.74, 6) is 1.70. The van der Waals surface area contributed by atoms with Gasteiger partial charge in [0.15, 0.2) is 0 Å². The summed E-state index contributed by atoms with van der Waals surface area (Å²) in [6.45, 7) is 5.81. The molecule has 2 aliphatic heterocycles. The van der Waals surface area contributed by atoms with E-state index in [0.29, 0.717) is 50.0 Å². The summed E-state index contributed by atoms with van der Waals surface area (Å²) in [5, 5.41) is 3.38. The number of benzene rings is 2. The van der Waals surface area contributed by atoms with Crippen LogP contribution in [0.15, 0.2) is 54.3 Å². The van der Waals surface area contributed by atoms with E-state index in [1.54, 1.807) is 13.2 Å². The molecule has 176 valence electrons. The normalized spacial score (nSPS) is 18.3. The highest BCUT2D eigenvalue weighted by Gasteiger charge is 2.28. The molecule has 0 saturated carbocycles. The molecule has 1 N–H and O–H groups in total. The molecule has 0 aromatic heterocycles. The van der Waals surface area contributed by atoms with Crippen LogP contribution < -0.4 is 19.7 Å². The van der Waals surface area contributed by atoms with Crippen molar-refractivity contribution in [2.45, 2.75) is 13.2 Å². The summed E-state index contributed by atoms with van der Waals surface area (Å²) in [6.07, 6.45) is -0.134. The average Bonchev–Trinajstić information content (AvgIpc) is 3.22. The number of anilines is 1. The first-order valence-electron chi connectivity index (χ1n) is 11.2. The first kappa shape index (κ1) is 22.9. The highest BCUT2D eigenvalue weighted by Crippen LogP contribution is 2.30. The first-order chi connectivity index (χ1) is 16.2. The number of para-hydroxylation sites is 2. The minimum Gasteiger partial charge on any atom is -0.497 e. The van der Waals surface area contributed by atoms with Crippen LogP contribution in [0, 0.1) is 0 Å². The van der Waals surface area contributed by atoms with Crippen LogP contribution in [0.3, 0.4) is 0 Å². The van der Waals surface area contributed by atoms with Crippen LogP contribution in [0.2, 0.25) is 0 Å². The second kappa shape index (κ2) is 11.1. The Kier molecular flexibility index (Phi) is 7.70. The lowest BCUT2D eigenvalue weighted by atomic mass is 10.1. The molecule has 1 atom stereocenters. The smallest absolute Gasteiger partial charge is 0.342 e. The summed E-state index contributed by atoms with van der Waals surface area (Å²) >= 11 is 0. The van der Waals surface area contributed by atoms with Crippen molar-refractivity contribution in [3.63, 3.8) is 0 Å². The maximum Gasteiger partial charge on any atom is 0.342 e. The van der Waals surface area contributed by atoms with Crippen molar-refractivity contribution in [2.75, 3.05) is 58.1 Å². The van der Waals surface area contributed by atoms with Crippen LogP contribution in [0.25, 0.3) is 5.57 Å². The molecule has 2 heterocycles. The Hall–Kier alpha value is -3.23. The Bertz CT molecular complexity index is 992. The Balaban J connectivity index is 1.32. The van der Waals surface area contributed by atoms with E-state index in [-0.39, 0.29) is 18.8 Å². The van der Waals surface area contributed by atoms with E-state index in [1.165, 1.54) is 0 Å². The fraction of sp³-hybridized carbons (Fsp3) is 0.400. The second-order valence-corrected chi connectivity index (χ2v) is 7.62. The predicted octanol–water partition coefficient (Wildman–Crippen LogP) is 2.83. The number of rotatable bonds is 10. The first-order valence-corrected chi connectivity index (χ1v) is 11.2. The van der Waals surface area contributed by atoms with E-state index >= 15 is 0 Å². The molecule has 0 amide bonds. The van der Waals surface area contributed by atoms with Gasteiger partial charge in [-0.05, 0) is 36.8 Å². The van der Waals surface area contributed by atoms with Gasteiger partial charge in [0.2, 0.25) is 0 Å². The molecular weight excluding hydrogens is 424 g/mol. The molecule has 8 nitrogen and oxygen atoms in total. The molecule has 1 saturated heterocycles. The minimum absolute atomic E-state index is 0.132. The zero-order valence-electron chi connectivity index (χ0n) is 19.0. The van der Waals surface area contributed by atoms with Crippen molar-refractivity contribution in [1.29, 1.82) is 0 Å². The molecule has 0 radical (unpaired) electrons. The van der Waals surface area contributed by atoms with Crippen LogP contribution in [-0.4, -0.2) is 65.4 Å². The predicted molar refractivity (Wildman–Crippen MR) is 124 cm³/mol. The van der Waals surface area contributed by atoms with E-state index in [1.807, 2.05) is 43.3 Å². The number of ether oxygens (including phenoxy) is 5. The van der Waals surface area contributed by atoms with E-state index in [9.17, 15) is 4.79 Å². The third kappa shape index (κ3) is 5.58. The molecule has 2 aliphatic rings. The Morgan fingerprint density at radius 3 is 2.88 bits per heavy atom. The largest absolute Gasteiger partial charge is 0.497 e. The van der Waals surface area contributed by atoms with E-state index in [2.05, 4.69) is 16.3 Å². The summed E-state index contributed by atoms with van der Waals surface area (Å²) in [6, 6.07) is 15.4. The van der Waals surface area contributed by atoms with Gasteiger partial charge in [0.1, 0.15) is 42.3 Å². The van der Waals surface area contributed by atoms with E-state index in [0.717, 1.165) is 23.5 Å². The lowest BCUT2D eigenvalue weighted by molar-refractivity contribution is -0.134. The van der Waals surface area contributed by atoms with Gasteiger partial charge in [-0.15, -0.1) is 0 Å². The zero-order chi connectivity index (χ0) is 23.0. The van der Waals surface area contributed by atoms with E-state index < -0.39 is 0 Å². The van der Waals surface area contributed by atoms with Crippen molar-refractivity contribution < 1.29 is 28.5 Å². The van der Waals surface area contributed by atoms with Gasteiger partial charge in [0.25, 0.3) is 0 Å². The van der Waals surface area contributed by atoms with Gasteiger partial charge >= 0.3 is 5.97 Å². The maximum atomic E-state index is 12.3. The lowest BCUT2D eigenvalue weighted by Crippen LogP contribution is -2.50.